The van der Waals surface area contributed by atoms with Crippen molar-refractivity contribution in [1.29, 1.82) is 5.26 Å². The highest BCUT2D eigenvalue weighted by Crippen LogP contribution is 2.49. The van der Waals surface area contributed by atoms with Crippen LogP contribution in [-0.4, -0.2) is 37.9 Å². The van der Waals surface area contributed by atoms with Crippen LogP contribution >= 0.6 is 11.3 Å². The van der Waals surface area contributed by atoms with Crippen molar-refractivity contribution in [1.82, 2.24) is 4.90 Å². The quantitative estimate of drug-likeness (QED) is 0.881. The molecule has 2 aliphatic rings. The van der Waals surface area contributed by atoms with E-state index in [1.807, 2.05) is 0 Å². The van der Waals surface area contributed by atoms with Gasteiger partial charge < -0.3 is 20.1 Å². The van der Waals surface area contributed by atoms with Crippen LogP contribution in [0.4, 0.5) is 0 Å². The first-order valence-electron chi connectivity index (χ1n) is 9.04. The highest BCUT2D eigenvalue weighted by Gasteiger charge is 2.54. The van der Waals surface area contributed by atoms with Gasteiger partial charge in [-0.1, -0.05) is 30.3 Å². The number of fused-ring (bicyclic) bond motifs is 1. The van der Waals surface area contributed by atoms with E-state index in [0.29, 0.717) is 12.0 Å². The summed E-state index contributed by atoms with van der Waals surface area (Å²) in [6.45, 7) is 1.65. The zero-order valence-corrected chi connectivity index (χ0v) is 16.3. The van der Waals surface area contributed by atoms with Gasteiger partial charge in [0.05, 0.1) is 5.57 Å². The molecule has 3 atom stereocenters. The van der Waals surface area contributed by atoms with E-state index in [-0.39, 0.29) is 17.7 Å². The summed E-state index contributed by atoms with van der Waals surface area (Å²) < 4.78 is 11.9. The zero-order valence-electron chi connectivity index (χ0n) is 15.5. The SMILES string of the molecule is CO[C@@]12CCN(C)C[C@H]1[C@H](c1ccc(-c3cccs3)cc1)C(C#N)=C(N)O2. The summed E-state index contributed by atoms with van der Waals surface area (Å²) in [5.41, 5.74) is 8.91. The van der Waals surface area contributed by atoms with Gasteiger partial charge in [-0.2, -0.15) is 5.26 Å². The second kappa shape index (κ2) is 7.01. The largest absolute Gasteiger partial charge is 0.446 e. The van der Waals surface area contributed by atoms with Crippen molar-refractivity contribution in [3.63, 3.8) is 0 Å². The number of nitrogens with zero attached hydrogens (tertiary/aromatic N) is 2. The van der Waals surface area contributed by atoms with E-state index in [9.17, 15) is 5.26 Å². The lowest BCUT2D eigenvalue weighted by molar-refractivity contribution is -0.264. The highest BCUT2D eigenvalue weighted by molar-refractivity contribution is 7.13. The van der Waals surface area contributed by atoms with Crippen LogP contribution in [0.5, 0.6) is 0 Å². The fraction of sp³-hybridized carbons (Fsp3) is 0.381. The second-order valence-electron chi connectivity index (χ2n) is 7.20. The number of likely N-dealkylation sites (tertiary alicyclic amines) is 1. The lowest BCUT2D eigenvalue weighted by Gasteiger charge is -2.51. The molecule has 0 bridgehead atoms. The van der Waals surface area contributed by atoms with E-state index in [2.05, 4.69) is 59.8 Å². The predicted molar refractivity (Wildman–Crippen MR) is 106 cm³/mol. The van der Waals surface area contributed by atoms with Crippen molar-refractivity contribution >= 4 is 11.3 Å². The van der Waals surface area contributed by atoms with Gasteiger partial charge in [0, 0.05) is 43.3 Å². The molecule has 2 N–H and O–H groups in total. The summed E-state index contributed by atoms with van der Waals surface area (Å²) >= 11 is 1.72. The Morgan fingerprint density at radius 1 is 1.33 bits per heavy atom. The van der Waals surface area contributed by atoms with E-state index in [1.165, 1.54) is 10.4 Å². The normalized spacial score (nSPS) is 28.3. The molecule has 0 amide bonds. The summed E-state index contributed by atoms with van der Waals surface area (Å²) in [6.07, 6.45) is 0.716. The summed E-state index contributed by atoms with van der Waals surface area (Å²) in [7, 11) is 3.75. The van der Waals surface area contributed by atoms with E-state index < -0.39 is 5.79 Å². The molecule has 140 valence electrons. The van der Waals surface area contributed by atoms with Gasteiger partial charge in [0.25, 0.3) is 0 Å². The van der Waals surface area contributed by atoms with E-state index in [0.717, 1.165) is 18.7 Å². The minimum atomic E-state index is -0.784. The Labute approximate surface area is 163 Å². The molecule has 0 saturated carbocycles. The number of nitriles is 1. The van der Waals surface area contributed by atoms with E-state index in [1.54, 1.807) is 18.4 Å². The first-order valence-corrected chi connectivity index (χ1v) is 9.92. The fourth-order valence-corrected chi connectivity index (χ4v) is 5.03. The smallest absolute Gasteiger partial charge is 0.218 e. The number of ether oxygens (including phenoxy) is 2. The van der Waals surface area contributed by atoms with Crippen molar-refractivity contribution in [2.45, 2.75) is 18.1 Å². The standard InChI is InChI=1S/C21H23N3O2S/c1-24-10-9-21(25-2)17(13-24)19(16(12-22)20(23)26-21)15-7-5-14(6-8-15)18-4-3-11-27-18/h3-8,11,17,19H,9-10,13,23H2,1-2H3/t17-,19+,21+/m0/s1. The zero-order chi connectivity index (χ0) is 19.0. The maximum Gasteiger partial charge on any atom is 0.218 e. The van der Waals surface area contributed by atoms with Crippen LogP contribution in [0, 0.1) is 17.2 Å². The van der Waals surface area contributed by atoms with Crippen LogP contribution in [0.25, 0.3) is 10.4 Å². The minimum absolute atomic E-state index is 0.00390. The van der Waals surface area contributed by atoms with Crippen molar-refractivity contribution < 1.29 is 9.47 Å². The Kier molecular flexibility index (Phi) is 4.68. The Bertz CT molecular complexity index is 885. The summed E-state index contributed by atoms with van der Waals surface area (Å²) in [4.78, 5) is 3.49. The number of hydrogen-bond donors (Lipinski definition) is 1. The molecule has 0 aliphatic carbocycles. The van der Waals surface area contributed by atoms with Gasteiger partial charge in [0.2, 0.25) is 11.7 Å². The summed E-state index contributed by atoms with van der Waals surface area (Å²) in [5.74, 6) is -0.749. The van der Waals surface area contributed by atoms with E-state index >= 15 is 0 Å². The van der Waals surface area contributed by atoms with Gasteiger partial charge in [-0.05, 0) is 29.6 Å². The summed E-state index contributed by atoms with van der Waals surface area (Å²) in [5, 5.41) is 11.9. The van der Waals surface area contributed by atoms with Gasteiger partial charge >= 0.3 is 0 Å². The monoisotopic (exact) mass is 381 g/mol. The number of piperidine rings is 1. The minimum Gasteiger partial charge on any atom is -0.446 e. The third-order valence-electron chi connectivity index (χ3n) is 5.72. The molecule has 27 heavy (non-hydrogen) atoms. The number of benzene rings is 1. The topological polar surface area (TPSA) is 71.5 Å². The molecule has 0 radical (unpaired) electrons. The van der Waals surface area contributed by atoms with Crippen molar-refractivity contribution in [3.8, 4) is 16.5 Å². The van der Waals surface area contributed by atoms with Crippen molar-refractivity contribution in [3.05, 3.63) is 58.8 Å². The molecular weight excluding hydrogens is 358 g/mol. The Morgan fingerprint density at radius 3 is 2.74 bits per heavy atom. The molecule has 3 heterocycles. The second-order valence-corrected chi connectivity index (χ2v) is 8.15. The molecule has 1 aromatic carbocycles. The van der Waals surface area contributed by atoms with Crippen LogP contribution in [0.2, 0.25) is 0 Å². The third kappa shape index (κ3) is 3.02. The molecular formula is C21H23N3O2S. The van der Waals surface area contributed by atoms with Crippen molar-refractivity contribution in [2.24, 2.45) is 11.7 Å². The van der Waals surface area contributed by atoms with Crippen LogP contribution in [0.1, 0.15) is 17.9 Å². The first kappa shape index (κ1) is 18.1. The Balaban J connectivity index is 1.78. The van der Waals surface area contributed by atoms with Crippen LogP contribution in [-0.2, 0) is 9.47 Å². The van der Waals surface area contributed by atoms with Gasteiger partial charge in [0.1, 0.15) is 6.07 Å². The molecule has 1 saturated heterocycles. The average Bonchev–Trinajstić information content (AvgIpc) is 3.22. The van der Waals surface area contributed by atoms with Crippen LogP contribution < -0.4 is 5.73 Å². The molecule has 0 spiro atoms. The molecule has 4 rings (SSSR count). The molecule has 1 aromatic heterocycles. The van der Waals surface area contributed by atoms with Gasteiger partial charge in [-0.3, -0.25) is 0 Å². The molecule has 1 fully saturated rings. The molecule has 6 heteroatoms. The molecule has 2 aromatic rings. The van der Waals surface area contributed by atoms with Gasteiger partial charge in [-0.15, -0.1) is 11.3 Å². The number of allylic oxidation sites excluding steroid dienone is 1. The maximum atomic E-state index is 9.79. The lowest BCUT2D eigenvalue weighted by Crippen LogP contribution is -2.58. The summed E-state index contributed by atoms with van der Waals surface area (Å²) in [6, 6.07) is 14.9. The fourth-order valence-electron chi connectivity index (χ4n) is 4.30. The van der Waals surface area contributed by atoms with Crippen LogP contribution in [0.3, 0.4) is 0 Å². The number of methoxy groups -OCH3 is 1. The van der Waals surface area contributed by atoms with Crippen LogP contribution in [0.15, 0.2) is 53.2 Å². The lowest BCUT2D eigenvalue weighted by atomic mass is 9.72. The van der Waals surface area contributed by atoms with Gasteiger partial charge in [0.15, 0.2) is 0 Å². The van der Waals surface area contributed by atoms with Crippen molar-refractivity contribution in [2.75, 3.05) is 27.2 Å². The molecule has 5 nitrogen and oxygen atoms in total. The Morgan fingerprint density at radius 2 is 2.11 bits per heavy atom. The molecule has 0 unspecified atom stereocenters. The predicted octanol–water partition coefficient (Wildman–Crippen LogP) is 3.52. The van der Waals surface area contributed by atoms with Gasteiger partial charge in [-0.25, -0.2) is 0 Å². The number of thiophene rings is 1. The number of hydrogen-bond acceptors (Lipinski definition) is 6. The highest BCUT2D eigenvalue weighted by atomic mass is 32.1. The number of nitrogens with two attached hydrogens (primary N) is 1. The Hall–Kier alpha value is -2.33. The van der Waals surface area contributed by atoms with E-state index in [4.69, 9.17) is 15.2 Å². The maximum absolute atomic E-state index is 9.79. The molecule has 2 aliphatic heterocycles. The number of rotatable bonds is 3. The average molecular weight is 382 g/mol. The first-order chi connectivity index (χ1) is 13.1. The third-order valence-corrected chi connectivity index (χ3v) is 6.64.